The van der Waals surface area contributed by atoms with E-state index >= 15 is 0 Å². The fourth-order valence-corrected chi connectivity index (χ4v) is 0.839. The number of rotatable bonds is 1. The third-order valence-corrected chi connectivity index (χ3v) is 1.53. The molecule has 2 nitrogen and oxygen atoms in total. The Balaban J connectivity index is 3.06. The molecule has 0 aliphatic carbocycles. The Kier molecular flexibility index (Phi) is 2.45. The zero-order valence-electron chi connectivity index (χ0n) is 7.26. The van der Waals surface area contributed by atoms with Gasteiger partial charge in [-0.25, -0.2) is 4.98 Å². The lowest BCUT2D eigenvalue weighted by molar-refractivity contribution is -0.137. The molecule has 0 bridgehead atoms. The predicted octanol–water partition coefficient (Wildman–Crippen LogP) is 2.17. The molecule has 0 atom stereocenters. The molecule has 0 aromatic carbocycles. The topological polar surface area (TPSA) is 16.1 Å². The molecule has 0 aliphatic rings. The van der Waals surface area contributed by atoms with Crippen molar-refractivity contribution in [3.63, 3.8) is 0 Å². The van der Waals surface area contributed by atoms with Gasteiger partial charge in [-0.3, -0.25) is 0 Å². The molecule has 1 rings (SSSR count). The summed E-state index contributed by atoms with van der Waals surface area (Å²) in [6.45, 7) is 0. The highest BCUT2D eigenvalue weighted by Gasteiger charge is 2.30. The monoisotopic (exact) mass is 190 g/mol. The third-order valence-electron chi connectivity index (χ3n) is 1.53. The van der Waals surface area contributed by atoms with Gasteiger partial charge in [0.25, 0.3) is 0 Å². The van der Waals surface area contributed by atoms with Gasteiger partial charge in [-0.2, -0.15) is 13.2 Å². The average molecular weight is 190 g/mol. The van der Waals surface area contributed by atoms with Gasteiger partial charge in [0.15, 0.2) is 0 Å². The predicted molar refractivity (Wildman–Crippen MR) is 43.6 cm³/mol. The number of hydrogen-bond donors (Lipinski definition) is 0. The van der Waals surface area contributed by atoms with Crippen LogP contribution in [0.3, 0.4) is 0 Å². The minimum absolute atomic E-state index is 0.301. The minimum atomic E-state index is -4.30. The first kappa shape index (κ1) is 9.83. The van der Waals surface area contributed by atoms with Crippen LogP contribution in [0.15, 0.2) is 18.3 Å². The van der Waals surface area contributed by atoms with Gasteiger partial charge in [-0.15, -0.1) is 0 Å². The zero-order chi connectivity index (χ0) is 10.1. The van der Waals surface area contributed by atoms with Gasteiger partial charge in [-0.05, 0) is 12.1 Å². The van der Waals surface area contributed by atoms with Crippen molar-refractivity contribution in [1.82, 2.24) is 4.98 Å². The maximum atomic E-state index is 12.2. The van der Waals surface area contributed by atoms with E-state index in [0.29, 0.717) is 5.82 Å². The number of nitrogens with zero attached hydrogens (tertiary/aromatic N) is 2. The van der Waals surface area contributed by atoms with Gasteiger partial charge < -0.3 is 4.90 Å². The lowest BCUT2D eigenvalue weighted by Gasteiger charge is -2.13. The van der Waals surface area contributed by atoms with Crippen LogP contribution in [-0.4, -0.2) is 19.1 Å². The summed E-state index contributed by atoms with van der Waals surface area (Å²) in [7, 11) is 3.28. The van der Waals surface area contributed by atoms with Crippen LogP contribution in [0.25, 0.3) is 0 Å². The number of pyridine rings is 1. The fraction of sp³-hybridized carbons (Fsp3) is 0.375. The second-order valence-electron chi connectivity index (χ2n) is 2.79. The first-order valence-electron chi connectivity index (χ1n) is 3.62. The van der Waals surface area contributed by atoms with E-state index in [-0.39, 0.29) is 0 Å². The highest BCUT2D eigenvalue weighted by molar-refractivity contribution is 5.39. The maximum absolute atomic E-state index is 12.2. The normalized spacial score (nSPS) is 11.5. The van der Waals surface area contributed by atoms with E-state index in [1.54, 1.807) is 14.1 Å². The summed E-state index contributed by atoms with van der Waals surface area (Å²) in [5.41, 5.74) is -0.675. The van der Waals surface area contributed by atoms with Crippen LogP contribution in [-0.2, 0) is 6.18 Å². The summed E-state index contributed by atoms with van der Waals surface area (Å²) < 4.78 is 36.6. The molecule has 0 amide bonds. The van der Waals surface area contributed by atoms with Gasteiger partial charge in [-0.1, -0.05) is 0 Å². The number of aromatic nitrogens is 1. The van der Waals surface area contributed by atoms with Gasteiger partial charge >= 0.3 is 6.18 Å². The van der Waals surface area contributed by atoms with E-state index in [4.69, 9.17) is 0 Å². The van der Waals surface area contributed by atoms with Crippen LogP contribution < -0.4 is 4.90 Å². The molecule has 1 heterocycles. The molecule has 0 spiro atoms. The van der Waals surface area contributed by atoms with Gasteiger partial charge in [0.05, 0.1) is 5.56 Å². The SMILES string of the molecule is CN(C)c1cc(C(F)(F)F)ccn1. The first-order valence-corrected chi connectivity index (χ1v) is 3.62. The molecule has 0 aliphatic heterocycles. The highest BCUT2D eigenvalue weighted by Crippen LogP contribution is 2.30. The molecule has 1 aromatic heterocycles. The Bertz CT molecular complexity index is 294. The number of anilines is 1. The van der Waals surface area contributed by atoms with Crippen molar-refractivity contribution in [2.45, 2.75) is 6.18 Å². The number of alkyl halides is 3. The lowest BCUT2D eigenvalue weighted by atomic mass is 10.2. The highest BCUT2D eigenvalue weighted by atomic mass is 19.4. The number of hydrogen-bond acceptors (Lipinski definition) is 2. The summed E-state index contributed by atoms with van der Waals surface area (Å²) in [5.74, 6) is 0.301. The Morgan fingerprint density at radius 2 is 1.92 bits per heavy atom. The van der Waals surface area contributed by atoms with E-state index in [0.717, 1.165) is 18.3 Å². The van der Waals surface area contributed by atoms with Crippen LogP contribution >= 0.6 is 0 Å². The van der Waals surface area contributed by atoms with E-state index < -0.39 is 11.7 Å². The van der Waals surface area contributed by atoms with Gasteiger partial charge in [0.1, 0.15) is 5.82 Å². The van der Waals surface area contributed by atoms with Gasteiger partial charge in [0, 0.05) is 20.3 Å². The summed E-state index contributed by atoms with van der Waals surface area (Å²) >= 11 is 0. The molecule has 1 aromatic rings. The van der Waals surface area contributed by atoms with Crippen molar-refractivity contribution < 1.29 is 13.2 Å². The lowest BCUT2D eigenvalue weighted by Crippen LogP contribution is -2.13. The van der Waals surface area contributed by atoms with Gasteiger partial charge in [0.2, 0.25) is 0 Å². The molecule has 0 unspecified atom stereocenters. The van der Waals surface area contributed by atoms with Crippen LogP contribution in [0.1, 0.15) is 5.56 Å². The van der Waals surface area contributed by atoms with E-state index in [1.807, 2.05) is 0 Å². The van der Waals surface area contributed by atoms with Crippen LogP contribution in [0.2, 0.25) is 0 Å². The third kappa shape index (κ3) is 2.34. The van der Waals surface area contributed by atoms with Crippen molar-refractivity contribution in [1.29, 1.82) is 0 Å². The summed E-state index contributed by atoms with van der Waals surface area (Å²) in [5, 5.41) is 0. The molecule has 0 N–H and O–H groups in total. The maximum Gasteiger partial charge on any atom is 0.416 e. The fourth-order valence-electron chi connectivity index (χ4n) is 0.839. The van der Waals surface area contributed by atoms with Crippen molar-refractivity contribution in [2.24, 2.45) is 0 Å². The zero-order valence-corrected chi connectivity index (χ0v) is 7.26. The Morgan fingerprint density at radius 1 is 1.31 bits per heavy atom. The second kappa shape index (κ2) is 3.24. The quantitative estimate of drug-likeness (QED) is 0.674. The molecule has 13 heavy (non-hydrogen) atoms. The molecular weight excluding hydrogens is 181 g/mol. The molecule has 0 saturated heterocycles. The van der Waals surface area contributed by atoms with E-state index in [9.17, 15) is 13.2 Å². The average Bonchev–Trinajstić information content (AvgIpc) is 2.03. The molecule has 0 saturated carbocycles. The van der Waals surface area contributed by atoms with E-state index in [1.165, 1.54) is 4.90 Å². The number of halogens is 3. The Hall–Kier alpha value is -1.26. The summed E-state index contributed by atoms with van der Waals surface area (Å²) in [4.78, 5) is 5.30. The first-order chi connectivity index (χ1) is 5.91. The molecule has 5 heteroatoms. The molecular formula is C8H9F3N2. The summed E-state index contributed by atoms with van der Waals surface area (Å²) in [6, 6.07) is 1.97. The Morgan fingerprint density at radius 3 is 2.38 bits per heavy atom. The molecule has 0 fully saturated rings. The Labute approximate surface area is 74.0 Å². The van der Waals surface area contributed by atoms with Crippen LogP contribution in [0.5, 0.6) is 0 Å². The molecule has 0 radical (unpaired) electrons. The smallest absolute Gasteiger partial charge is 0.363 e. The van der Waals surface area contributed by atoms with Crippen molar-refractivity contribution >= 4 is 5.82 Å². The largest absolute Gasteiger partial charge is 0.416 e. The van der Waals surface area contributed by atoms with Crippen LogP contribution in [0, 0.1) is 0 Å². The van der Waals surface area contributed by atoms with Crippen molar-refractivity contribution in [3.05, 3.63) is 23.9 Å². The minimum Gasteiger partial charge on any atom is -0.363 e. The standard InChI is InChI=1S/C8H9F3N2/c1-13(2)7-5-6(3-4-12-7)8(9,10)11/h3-5H,1-2H3. The summed E-state index contributed by atoms with van der Waals surface area (Å²) in [6.07, 6.45) is -3.15. The van der Waals surface area contributed by atoms with Crippen molar-refractivity contribution in [2.75, 3.05) is 19.0 Å². The van der Waals surface area contributed by atoms with E-state index in [2.05, 4.69) is 4.98 Å². The second-order valence-corrected chi connectivity index (χ2v) is 2.79. The van der Waals surface area contributed by atoms with Crippen LogP contribution in [0.4, 0.5) is 19.0 Å². The van der Waals surface area contributed by atoms with Crippen molar-refractivity contribution in [3.8, 4) is 0 Å². The molecule has 72 valence electrons.